The Morgan fingerprint density at radius 3 is 2.57 bits per heavy atom. The van der Waals surface area contributed by atoms with Crippen LogP contribution < -0.4 is 19.9 Å². The van der Waals surface area contributed by atoms with E-state index in [9.17, 15) is 9.59 Å². The number of ether oxygens (including phenoxy) is 1. The van der Waals surface area contributed by atoms with Gasteiger partial charge in [0, 0.05) is 51.3 Å². The van der Waals surface area contributed by atoms with Crippen molar-refractivity contribution in [3.8, 4) is 5.75 Å². The lowest BCUT2D eigenvalue weighted by atomic mass is 10.1. The molecule has 0 spiro atoms. The maximum absolute atomic E-state index is 12.8. The molecule has 4 rings (SSSR count). The Bertz CT molecular complexity index is 1030. The summed E-state index contributed by atoms with van der Waals surface area (Å²) in [6.45, 7) is 12.5. The minimum Gasteiger partial charge on any atom is -0.487 e. The molecule has 1 N–H and O–H groups in total. The summed E-state index contributed by atoms with van der Waals surface area (Å²) < 4.78 is 5.81. The van der Waals surface area contributed by atoms with Crippen LogP contribution in [-0.4, -0.2) is 68.6 Å². The molecule has 7 heteroatoms. The molecule has 0 bridgehead atoms. The first-order chi connectivity index (χ1) is 16.9. The van der Waals surface area contributed by atoms with Crippen LogP contribution in [0.5, 0.6) is 5.75 Å². The first-order valence-electron chi connectivity index (χ1n) is 12.8. The second-order valence-electron chi connectivity index (χ2n) is 9.72. The molecular formula is C28H38N4O3. The van der Waals surface area contributed by atoms with Crippen molar-refractivity contribution in [2.75, 3.05) is 55.6 Å². The van der Waals surface area contributed by atoms with E-state index >= 15 is 0 Å². The van der Waals surface area contributed by atoms with Crippen molar-refractivity contribution >= 4 is 23.2 Å². The summed E-state index contributed by atoms with van der Waals surface area (Å²) in [5.74, 6) is 0.621. The van der Waals surface area contributed by atoms with E-state index in [1.54, 1.807) is 4.90 Å². The van der Waals surface area contributed by atoms with Crippen molar-refractivity contribution < 1.29 is 14.3 Å². The van der Waals surface area contributed by atoms with Crippen LogP contribution in [0.2, 0.25) is 0 Å². The number of fused-ring (bicyclic) bond motifs is 1. The second kappa shape index (κ2) is 11.6. The molecule has 2 aromatic carbocycles. The molecule has 0 aromatic heterocycles. The van der Waals surface area contributed by atoms with Crippen LogP contribution in [0.1, 0.15) is 37.3 Å². The number of nitrogens with zero attached hydrogens (tertiary/aromatic N) is 3. The van der Waals surface area contributed by atoms with E-state index in [-0.39, 0.29) is 30.8 Å². The highest BCUT2D eigenvalue weighted by Crippen LogP contribution is 2.33. The molecule has 0 saturated carbocycles. The number of carbonyl (C=O) groups excluding carboxylic acids is 2. The average molecular weight is 479 g/mol. The monoisotopic (exact) mass is 478 g/mol. The summed E-state index contributed by atoms with van der Waals surface area (Å²) in [4.78, 5) is 31.8. The van der Waals surface area contributed by atoms with E-state index in [1.165, 1.54) is 16.8 Å². The summed E-state index contributed by atoms with van der Waals surface area (Å²) in [5.41, 5.74) is 4.77. The lowest BCUT2D eigenvalue weighted by Crippen LogP contribution is -2.47. The van der Waals surface area contributed by atoms with Gasteiger partial charge < -0.3 is 19.9 Å². The van der Waals surface area contributed by atoms with E-state index in [2.05, 4.69) is 47.2 Å². The number of nitrogens with one attached hydrogen (secondary N) is 1. The molecule has 1 atom stereocenters. The summed E-state index contributed by atoms with van der Waals surface area (Å²) >= 11 is 0. The summed E-state index contributed by atoms with van der Waals surface area (Å²) in [6.07, 6.45) is 1.26. The smallest absolute Gasteiger partial charge is 0.227 e. The number of para-hydroxylation sites is 2. The first kappa shape index (κ1) is 25.0. The van der Waals surface area contributed by atoms with Crippen LogP contribution in [0.15, 0.2) is 42.5 Å². The number of carbonyl (C=O) groups is 2. The predicted octanol–water partition coefficient (Wildman–Crippen LogP) is 3.53. The van der Waals surface area contributed by atoms with E-state index < -0.39 is 0 Å². The van der Waals surface area contributed by atoms with Gasteiger partial charge in [0.2, 0.25) is 11.8 Å². The minimum absolute atomic E-state index is 0.0375. The molecule has 2 aromatic rings. The van der Waals surface area contributed by atoms with Crippen molar-refractivity contribution in [2.24, 2.45) is 0 Å². The number of amides is 2. The third-order valence-corrected chi connectivity index (χ3v) is 6.84. The molecule has 0 radical (unpaired) electrons. The van der Waals surface area contributed by atoms with Gasteiger partial charge in [-0.3, -0.25) is 14.5 Å². The zero-order chi connectivity index (χ0) is 24.8. The molecule has 35 heavy (non-hydrogen) atoms. The number of hydrogen-bond acceptors (Lipinski definition) is 5. The van der Waals surface area contributed by atoms with Crippen molar-refractivity contribution in [1.29, 1.82) is 0 Å². The van der Waals surface area contributed by atoms with Gasteiger partial charge in [-0.15, -0.1) is 0 Å². The van der Waals surface area contributed by atoms with Gasteiger partial charge in [0.1, 0.15) is 11.9 Å². The van der Waals surface area contributed by atoms with Crippen molar-refractivity contribution in [2.45, 2.75) is 46.1 Å². The number of anilines is 2. The molecule has 2 aliphatic heterocycles. The second-order valence-corrected chi connectivity index (χ2v) is 9.72. The molecular weight excluding hydrogens is 440 g/mol. The standard InChI is InChI=1S/C28H38N4O3/c1-21-9-10-22(2)25(19-21)31-17-15-30(16-18-31)14-6-13-29-27(33)11-12-28(34)32-20-23(3)35-26-8-5-4-7-24(26)32/h4-5,7-10,19,23H,6,11-18,20H2,1-3H3,(H,29,33)/t23-/m0/s1. The quantitative estimate of drug-likeness (QED) is 0.588. The highest BCUT2D eigenvalue weighted by molar-refractivity contribution is 5.97. The molecule has 0 aliphatic carbocycles. The van der Waals surface area contributed by atoms with Crippen LogP contribution in [-0.2, 0) is 9.59 Å². The summed E-state index contributed by atoms with van der Waals surface area (Å²) in [7, 11) is 0. The minimum atomic E-state index is -0.0645. The van der Waals surface area contributed by atoms with Gasteiger partial charge in [0.05, 0.1) is 12.2 Å². The highest BCUT2D eigenvalue weighted by Gasteiger charge is 2.27. The average Bonchev–Trinajstić information content (AvgIpc) is 2.86. The molecule has 1 saturated heterocycles. The molecule has 2 amide bonds. The SMILES string of the molecule is Cc1ccc(C)c(N2CCN(CCCNC(=O)CCC(=O)N3C[C@H](C)Oc4ccccc43)CC2)c1. The molecule has 7 nitrogen and oxygen atoms in total. The van der Waals surface area contributed by atoms with E-state index in [1.807, 2.05) is 31.2 Å². The Morgan fingerprint density at radius 1 is 1.00 bits per heavy atom. The molecule has 0 unspecified atom stereocenters. The fourth-order valence-corrected chi connectivity index (χ4v) is 4.87. The Morgan fingerprint density at radius 2 is 1.77 bits per heavy atom. The highest BCUT2D eigenvalue weighted by atomic mass is 16.5. The van der Waals surface area contributed by atoms with Gasteiger partial charge in [-0.25, -0.2) is 0 Å². The van der Waals surface area contributed by atoms with E-state index in [0.29, 0.717) is 13.1 Å². The van der Waals surface area contributed by atoms with Crippen molar-refractivity contribution in [1.82, 2.24) is 10.2 Å². The van der Waals surface area contributed by atoms with Gasteiger partial charge in [-0.1, -0.05) is 24.3 Å². The maximum Gasteiger partial charge on any atom is 0.227 e. The van der Waals surface area contributed by atoms with Crippen LogP contribution in [0.25, 0.3) is 0 Å². The van der Waals surface area contributed by atoms with E-state index in [4.69, 9.17) is 4.74 Å². The zero-order valence-electron chi connectivity index (χ0n) is 21.3. The van der Waals surface area contributed by atoms with E-state index in [0.717, 1.165) is 50.6 Å². The van der Waals surface area contributed by atoms with Crippen LogP contribution in [0, 0.1) is 13.8 Å². The number of rotatable bonds is 8. The van der Waals surface area contributed by atoms with Gasteiger partial charge in [0.15, 0.2) is 0 Å². The topological polar surface area (TPSA) is 65.1 Å². The van der Waals surface area contributed by atoms with Gasteiger partial charge in [0.25, 0.3) is 0 Å². The maximum atomic E-state index is 12.8. The fraction of sp³-hybridized carbons (Fsp3) is 0.500. The number of hydrogen-bond donors (Lipinski definition) is 1. The van der Waals surface area contributed by atoms with Crippen molar-refractivity contribution in [3.63, 3.8) is 0 Å². The molecule has 2 heterocycles. The molecule has 188 valence electrons. The van der Waals surface area contributed by atoms with Gasteiger partial charge in [-0.2, -0.15) is 0 Å². The number of piperazine rings is 1. The normalized spacial score (nSPS) is 18.1. The van der Waals surface area contributed by atoms with Crippen LogP contribution in [0.4, 0.5) is 11.4 Å². The Labute approximate surface area is 209 Å². The third-order valence-electron chi connectivity index (χ3n) is 6.84. The number of aryl methyl sites for hydroxylation is 2. The van der Waals surface area contributed by atoms with Crippen LogP contribution >= 0.6 is 0 Å². The fourth-order valence-electron chi connectivity index (χ4n) is 4.87. The van der Waals surface area contributed by atoms with Crippen molar-refractivity contribution in [3.05, 3.63) is 53.6 Å². The van der Waals surface area contributed by atoms with Gasteiger partial charge >= 0.3 is 0 Å². The predicted molar refractivity (Wildman–Crippen MR) is 140 cm³/mol. The summed E-state index contributed by atoms with van der Waals surface area (Å²) in [5, 5.41) is 2.99. The zero-order valence-corrected chi connectivity index (χ0v) is 21.3. The Kier molecular flexibility index (Phi) is 8.29. The molecule has 2 aliphatic rings. The van der Waals surface area contributed by atoms with Crippen LogP contribution in [0.3, 0.4) is 0 Å². The Hall–Kier alpha value is -3.06. The lowest BCUT2D eigenvalue weighted by molar-refractivity contribution is -0.125. The first-order valence-corrected chi connectivity index (χ1v) is 12.8. The summed E-state index contributed by atoms with van der Waals surface area (Å²) in [6, 6.07) is 14.2. The lowest BCUT2D eigenvalue weighted by Gasteiger charge is -2.37. The molecule has 1 fully saturated rings. The number of benzene rings is 2. The van der Waals surface area contributed by atoms with Gasteiger partial charge in [-0.05, 0) is 63.1 Å². The Balaban J connectivity index is 1.13. The third kappa shape index (κ3) is 6.54. The largest absolute Gasteiger partial charge is 0.487 e.